The van der Waals surface area contributed by atoms with Crippen LogP contribution in [0.1, 0.15) is 37.7 Å². The molecule has 0 bridgehead atoms. The van der Waals surface area contributed by atoms with Gasteiger partial charge in [0.1, 0.15) is 0 Å². The molecule has 1 aliphatic rings. The van der Waals surface area contributed by atoms with Gasteiger partial charge in [0.25, 0.3) is 0 Å². The molecule has 0 saturated carbocycles. The van der Waals surface area contributed by atoms with Crippen LogP contribution < -0.4 is 0 Å². The Morgan fingerprint density at radius 1 is 1.24 bits per heavy atom. The Balaban J connectivity index is 1.97. The largest absolute Gasteiger partial charge is 0.288 e. The lowest BCUT2D eigenvalue weighted by Gasteiger charge is -2.24. The molecule has 2 heteroatoms. The summed E-state index contributed by atoms with van der Waals surface area (Å²) in [6.07, 6.45) is 3.44. The number of likely N-dealkylation sites (tertiary alicyclic amines) is 1. The Kier molecular flexibility index (Phi) is 4.17. The second-order valence-corrected chi connectivity index (χ2v) is 4.94. The maximum absolute atomic E-state index is 9.29. The molecular weight excluding hydrogens is 208 g/mol. The predicted octanol–water partition coefficient (Wildman–Crippen LogP) is 3.17. The number of hydrogen-bond acceptors (Lipinski definition) is 2. The molecule has 1 aliphatic heterocycles. The van der Waals surface area contributed by atoms with E-state index in [0.717, 1.165) is 19.5 Å². The minimum absolute atomic E-state index is 0.0905. The summed E-state index contributed by atoms with van der Waals surface area (Å²) >= 11 is 0. The number of benzene rings is 1. The zero-order chi connectivity index (χ0) is 12.1. The van der Waals surface area contributed by atoms with E-state index in [1.165, 1.54) is 18.4 Å². The average Bonchev–Trinajstić information content (AvgIpc) is 2.90. The fraction of sp³-hybridized carbons (Fsp3) is 0.533. The van der Waals surface area contributed by atoms with Gasteiger partial charge in [-0.25, -0.2) is 0 Å². The summed E-state index contributed by atoms with van der Waals surface area (Å²) in [5.74, 6) is 0.460. The second-order valence-electron chi connectivity index (χ2n) is 4.94. The molecule has 1 aromatic carbocycles. The molecule has 0 spiro atoms. The topological polar surface area (TPSA) is 27.0 Å². The standard InChI is InChI=1S/C15H20N2/c1-13(14-7-3-2-4-8-14)11-15(12-16)17-9-5-6-10-17/h2-4,7-8,13,15H,5-6,9-11H2,1H3. The van der Waals surface area contributed by atoms with Crippen molar-refractivity contribution in [3.05, 3.63) is 35.9 Å². The lowest BCUT2D eigenvalue weighted by Crippen LogP contribution is -2.32. The molecule has 1 aromatic rings. The van der Waals surface area contributed by atoms with Crippen LogP contribution in [-0.4, -0.2) is 24.0 Å². The number of rotatable bonds is 4. The van der Waals surface area contributed by atoms with Crippen LogP contribution >= 0.6 is 0 Å². The van der Waals surface area contributed by atoms with Gasteiger partial charge in [0.15, 0.2) is 0 Å². The van der Waals surface area contributed by atoms with Gasteiger partial charge in [0, 0.05) is 0 Å². The van der Waals surface area contributed by atoms with Gasteiger partial charge in [-0.15, -0.1) is 0 Å². The Bertz CT molecular complexity index is 374. The SMILES string of the molecule is CC(CC(C#N)N1CCCC1)c1ccccc1. The zero-order valence-corrected chi connectivity index (χ0v) is 10.5. The first kappa shape index (κ1) is 12.1. The van der Waals surface area contributed by atoms with E-state index >= 15 is 0 Å². The third-order valence-electron chi connectivity index (χ3n) is 3.68. The average molecular weight is 228 g/mol. The molecule has 0 N–H and O–H groups in total. The molecule has 2 rings (SSSR count). The third-order valence-corrected chi connectivity index (χ3v) is 3.68. The Morgan fingerprint density at radius 3 is 2.47 bits per heavy atom. The molecule has 2 unspecified atom stereocenters. The maximum atomic E-state index is 9.29. The lowest BCUT2D eigenvalue weighted by molar-refractivity contribution is 0.269. The van der Waals surface area contributed by atoms with Crippen molar-refractivity contribution in [1.29, 1.82) is 5.26 Å². The van der Waals surface area contributed by atoms with Crippen LogP contribution in [0, 0.1) is 11.3 Å². The Labute approximate surface area is 104 Å². The van der Waals surface area contributed by atoms with E-state index < -0.39 is 0 Å². The van der Waals surface area contributed by atoms with Crippen molar-refractivity contribution in [1.82, 2.24) is 4.90 Å². The van der Waals surface area contributed by atoms with Gasteiger partial charge in [-0.2, -0.15) is 5.26 Å². The first-order valence-electron chi connectivity index (χ1n) is 6.50. The van der Waals surface area contributed by atoms with Gasteiger partial charge in [0.2, 0.25) is 0 Å². The summed E-state index contributed by atoms with van der Waals surface area (Å²) in [5, 5.41) is 9.29. The molecule has 1 saturated heterocycles. The molecule has 0 aromatic heterocycles. The molecule has 2 atom stereocenters. The van der Waals surface area contributed by atoms with Crippen molar-refractivity contribution in [3.63, 3.8) is 0 Å². The van der Waals surface area contributed by atoms with E-state index in [2.05, 4.69) is 42.2 Å². The summed E-state index contributed by atoms with van der Waals surface area (Å²) in [5.41, 5.74) is 1.34. The van der Waals surface area contributed by atoms with Crippen LogP contribution in [-0.2, 0) is 0 Å². The third kappa shape index (κ3) is 3.08. The van der Waals surface area contributed by atoms with E-state index in [-0.39, 0.29) is 6.04 Å². The quantitative estimate of drug-likeness (QED) is 0.791. The van der Waals surface area contributed by atoms with Gasteiger partial charge in [-0.1, -0.05) is 37.3 Å². The summed E-state index contributed by atoms with van der Waals surface area (Å²) < 4.78 is 0. The monoisotopic (exact) mass is 228 g/mol. The van der Waals surface area contributed by atoms with E-state index in [9.17, 15) is 5.26 Å². The van der Waals surface area contributed by atoms with Crippen molar-refractivity contribution in [2.24, 2.45) is 0 Å². The van der Waals surface area contributed by atoms with Crippen molar-refractivity contribution < 1.29 is 0 Å². The number of nitriles is 1. The lowest BCUT2D eigenvalue weighted by atomic mass is 9.94. The van der Waals surface area contributed by atoms with Crippen LogP contribution in [0.3, 0.4) is 0 Å². The minimum Gasteiger partial charge on any atom is -0.288 e. The fourth-order valence-corrected chi connectivity index (χ4v) is 2.59. The molecular formula is C15H20N2. The van der Waals surface area contributed by atoms with Gasteiger partial charge < -0.3 is 0 Å². The minimum atomic E-state index is 0.0905. The summed E-state index contributed by atoms with van der Waals surface area (Å²) in [6, 6.07) is 13.1. The molecule has 17 heavy (non-hydrogen) atoms. The van der Waals surface area contributed by atoms with Gasteiger partial charge in [0.05, 0.1) is 12.1 Å². The fourth-order valence-electron chi connectivity index (χ4n) is 2.59. The zero-order valence-electron chi connectivity index (χ0n) is 10.5. The number of hydrogen-bond donors (Lipinski definition) is 0. The van der Waals surface area contributed by atoms with Crippen LogP contribution in [0.5, 0.6) is 0 Å². The van der Waals surface area contributed by atoms with Crippen molar-refractivity contribution >= 4 is 0 Å². The molecule has 0 amide bonds. The highest BCUT2D eigenvalue weighted by Gasteiger charge is 2.23. The van der Waals surface area contributed by atoms with Crippen LogP contribution in [0.2, 0.25) is 0 Å². The molecule has 1 heterocycles. The highest BCUT2D eigenvalue weighted by Crippen LogP contribution is 2.24. The first-order chi connectivity index (χ1) is 8.31. The second kappa shape index (κ2) is 5.84. The normalized spacial score (nSPS) is 19.8. The molecule has 2 nitrogen and oxygen atoms in total. The van der Waals surface area contributed by atoms with Crippen molar-refractivity contribution in [3.8, 4) is 6.07 Å². The van der Waals surface area contributed by atoms with Gasteiger partial charge >= 0.3 is 0 Å². The van der Waals surface area contributed by atoms with E-state index in [1.807, 2.05) is 6.07 Å². The number of nitrogens with zero attached hydrogens (tertiary/aromatic N) is 2. The first-order valence-corrected chi connectivity index (χ1v) is 6.50. The molecule has 0 radical (unpaired) electrons. The molecule has 0 aliphatic carbocycles. The van der Waals surface area contributed by atoms with E-state index in [4.69, 9.17) is 0 Å². The predicted molar refractivity (Wildman–Crippen MR) is 69.7 cm³/mol. The van der Waals surface area contributed by atoms with Crippen LogP contribution in [0.25, 0.3) is 0 Å². The van der Waals surface area contributed by atoms with E-state index in [1.54, 1.807) is 0 Å². The van der Waals surface area contributed by atoms with Gasteiger partial charge in [-0.05, 0) is 43.8 Å². The highest BCUT2D eigenvalue weighted by atomic mass is 15.2. The Morgan fingerprint density at radius 2 is 1.88 bits per heavy atom. The smallest absolute Gasteiger partial charge is 0.0983 e. The maximum Gasteiger partial charge on any atom is 0.0983 e. The molecule has 90 valence electrons. The van der Waals surface area contributed by atoms with Crippen LogP contribution in [0.15, 0.2) is 30.3 Å². The summed E-state index contributed by atoms with van der Waals surface area (Å²) in [4.78, 5) is 2.33. The summed E-state index contributed by atoms with van der Waals surface area (Å²) in [7, 11) is 0. The Hall–Kier alpha value is -1.33. The highest BCUT2D eigenvalue weighted by molar-refractivity contribution is 5.19. The van der Waals surface area contributed by atoms with Crippen LogP contribution in [0.4, 0.5) is 0 Å². The van der Waals surface area contributed by atoms with Gasteiger partial charge in [-0.3, -0.25) is 4.90 Å². The van der Waals surface area contributed by atoms with Crippen molar-refractivity contribution in [2.45, 2.75) is 38.1 Å². The van der Waals surface area contributed by atoms with E-state index in [0.29, 0.717) is 5.92 Å². The summed E-state index contributed by atoms with van der Waals surface area (Å²) in [6.45, 7) is 4.41. The molecule has 1 fully saturated rings. The van der Waals surface area contributed by atoms with Crippen molar-refractivity contribution in [2.75, 3.05) is 13.1 Å².